The number of carbonyl (C=O) groups is 2. The third-order valence-corrected chi connectivity index (χ3v) is 3.66. The summed E-state index contributed by atoms with van der Waals surface area (Å²) in [7, 11) is 0. The van der Waals surface area contributed by atoms with Crippen LogP contribution in [0, 0.1) is 6.92 Å². The van der Waals surface area contributed by atoms with E-state index in [2.05, 4.69) is 15.6 Å². The number of nitrogens with one attached hydrogen (secondary N) is 2. The molecular formula is C12H19N3O4S. The van der Waals surface area contributed by atoms with E-state index in [-0.39, 0.29) is 12.6 Å². The number of aromatic nitrogens is 1. The molecule has 0 spiro atoms. The maximum absolute atomic E-state index is 11.7. The summed E-state index contributed by atoms with van der Waals surface area (Å²) in [6, 6.07) is -0.728. The Labute approximate surface area is 121 Å². The molecule has 20 heavy (non-hydrogen) atoms. The normalized spacial score (nSPS) is 15.2. The second-order valence-corrected chi connectivity index (χ2v) is 5.83. The van der Waals surface area contributed by atoms with E-state index in [1.807, 2.05) is 12.3 Å². The summed E-state index contributed by atoms with van der Waals surface area (Å²) >= 11 is 1.45. The van der Waals surface area contributed by atoms with Crippen molar-refractivity contribution in [1.82, 2.24) is 15.6 Å². The number of carboxylic acid groups (broad SMARTS) is 1. The molecule has 112 valence electrons. The number of carboxylic acids is 1. The van der Waals surface area contributed by atoms with Crippen LogP contribution in [0.2, 0.25) is 0 Å². The monoisotopic (exact) mass is 301 g/mol. The minimum atomic E-state index is -1.48. The van der Waals surface area contributed by atoms with Crippen molar-refractivity contribution in [3.05, 3.63) is 16.1 Å². The van der Waals surface area contributed by atoms with Gasteiger partial charge in [-0.15, -0.1) is 11.3 Å². The van der Waals surface area contributed by atoms with Gasteiger partial charge in [-0.25, -0.2) is 9.78 Å². The Kier molecular flexibility index (Phi) is 5.46. The smallest absolute Gasteiger partial charge is 0.315 e. The quantitative estimate of drug-likeness (QED) is 0.627. The zero-order chi connectivity index (χ0) is 15.3. The number of rotatable bonds is 6. The highest BCUT2D eigenvalue weighted by Crippen LogP contribution is 2.17. The topological polar surface area (TPSA) is 112 Å². The maximum atomic E-state index is 11.7. The predicted molar refractivity (Wildman–Crippen MR) is 74.7 cm³/mol. The lowest BCUT2D eigenvalue weighted by atomic mass is 10.0. The van der Waals surface area contributed by atoms with Crippen molar-refractivity contribution in [1.29, 1.82) is 0 Å². The summed E-state index contributed by atoms with van der Waals surface area (Å²) in [5.74, 6) is -1.12. The van der Waals surface area contributed by atoms with Gasteiger partial charge >= 0.3 is 12.0 Å². The molecule has 0 bridgehead atoms. The Balaban J connectivity index is 2.42. The summed E-state index contributed by atoms with van der Waals surface area (Å²) in [6.07, 6.45) is -0.436. The van der Waals surface area contributed by atoms with Gasteiger partial charge < -0.3 is 20.8 Å². The van der Waals surface area contributed by atoms with E-state index < -0.39 is 24.0 Å². The van der Waals surface area contributed by atoms with Crippen LogP contribution in [-0.4, -0.2) is 39.3 Å². The summed E-state index contributed by atoms with van der Waals surface area (Å²) in [6.45, 7) is 4.88. The van der Waals surface area contributed by atoms with Crippen molar-refractivity contribution in [2.75, 3.05) is 6.54 Å². The largest absolute Gasteiger partial charge is 0.481 e. The number of amides is 2. The van der Waals surface area contributed by atoms with Gasteiger partial charge in [0.25, 0.3) is 0 Å². The fourth-order valence-electron chi connectivity index (χ4n) is 1.54. The van der Waals surface area contributed by atoms with E-state index in [4.69, 9.17) is 5.11 Å². The van der Waals surface area contributed by atoms with Gasteiger partial charge in [0, 0.05) is 17.6 Å². The van der Waals surface area contributed by atoms with Gasteiger partial charge in [-0.1, -0.05) is 0 Å². The molecule has 7 nitrogen and oxygen atoms in total. The molecule has 0 aromatic carbocycles. The number of hydrogen-bond acceptors (Lipinski definition) is 5. The first kappa shape index (κ1) is 16.4. The Morgan fingerprint density at radius 3 is 2.70 bits per heavy atom. The van der Waals surface area contributed by atoms with E-state index in [1.54, 1.807) is 6.92 Å². The summed E-state index contributed by atoms with van der Waals surface area (Å²) in [5.41, 5.74) is -0.590. The molecule has 0 aliphatic rings. The lowest BCUT2D eigenvalue weighted by Crippen LogP contribution is -2.46. The van der Waals surface area contributed by atoms with Crippen LogP contribution in [0.25, 0.3) is 0 Å². The number of nitrogens with zero attached hydrogens (tertiary/aromatic N) is 1. The molecule has 8 heteroatoms. The summed E-state index contributed by atoms with van der Waals surface area (Å²) in [4.78, 5) is 26.5. The molecule has 4 N–H and O–H groups in total. The predicted octanol–water partition coefficient (Wildman–Crippen LogP) is 1.04. The molecule has 2 unspecified atom stereocenters. The molecule has 0 saturated heterocycles. The number of thiazole rings is 1. The van der Waals surface area contributed by atoms with Crippen LogP contribution >= 0.6 is 11.3 Å². The van der Waals surface area contributed by atoms with E-state index in [0.29, 0.717) is 0 Å². The highest BCUT2D eigenvalue weighted by atomic mass is 32.1. The molecule has 0 fully saturated rings. The van der Waals surface area contributed by atoms with Crippen LogP contribution in [0.3, 0.4) is 0 Å². The number of hydrogen-bond donors (Lipinski definition) is 4. The molecule has 0 aliphatic carbocycles. The number of aliphatic hydroxyl groups is 1. The second-order valence-electron chi connectivity index (χ2n) is 4.94. The first-order chi connectivity index (χ1) is 9.19. The molecule has 1 aromatic rings. The van der Waals surface area contributed by atoms with E-state index in [9.17, 15) is 14.7 Å². The van der Waals surface area contributed by atoms with Crippen molar-refractivity contribution in [3.8, 4) is 0 Å². The lowest BCUT2D eigenvalue weighted by molar-refractivity contribution is -0.141. The minimum absolute atomic E-state index is 0.144. The highest BCUT2D eigenvalue weighted by Gasteiger charge is 2.25. The number of aryl methyl sites for hydroxylation is 1. The van der Waals surface area contributed by atoms with E-state index in [0.717, 1.165) is 10.7 Å². The molecule has 1 rings (SSSR count). The molecule has 2 atom stereocenters. The second kappa shape index (κ2) is 6.67. The Morgan fingerprint density at radius 2 is 2.20 bits per heavy atom. The standard InChI is InChI=1S/C12H19N3O4S/c1-7-5-20-10(14-7)8(2)15-11(18)13-6-12(3,19)4-9(16)17/h5,8,19H,4,6H2,1-3H3,(H,16,17)(H2,13,15,18). The molecule has 2 amide bonds. The van der Waals surface area contributed by atoms with Crippen LogP contribution in [0.1, 0.15) is 37.0 Å². The third-order valence-electron chi connectivity index (χ3n) is 2.52. The van der Waals surface area contributed by atoms with Gasteiger partial charge in [0.2, 0.25) is 0 Å². The van der Waals surface area contributed by atoms with Gasteiger partial charge in [0.1, 0.15) is 5.01 Å². The van der Waals surface area contributed by atoms with Crippen LogP contribution in [0.5, 0.6) is 0 Å². The highest BCUT2D eigenvalue weighted by molar-refractivity contribution is 7.09. The molecule has 0 aliphatic heterocycles. The molecule has 1 heterocycles. The van der Waals surface area contributed by atoms with Crippen molar-refractivity contribution >= 4 is 23.3 Å². The Morgan fingerprint density at radius 1 is 1.55 bits per heavy atom. The van der Waals surface area contributed by atoms with Crippen molar-refractivity contribution in [2.45, 2.75) is 38.8 Å². The Hall–Kier alpha value is -1.67. The number of aliphatic carboxylic acids is 1. The van der Waals surface area contributed by atoms with Crippen LogP contribution in [0.15, 0.2) is 5.38 Å². The van der Waals surface area contributed by atoms with Crippen LogP contribution < -0.4 is 10.6 Å². The average molecular weight is 301 g/mol. The van der Waals surface area contributed by atoms with Crippen molar-refractivity contribution in [3.63, 3.8) is 0 Å². The van der Waals surface area contributed by atoms with Gasteiger partial charge in [-0.05, 0) is 20.8 Å². The fraction of sp³-hybridized carbons (Fsp3) is 0.583. The molecular weight excluding hydrogens is 282 g/mol. The molecule has 0 saturated carbocycles. The van der Waals surface area contributed by atoms with Gasteiger partial charge in [-0.2, -0.15) is 0 Å². The van der Waals surface area contributed by atoms with E-state index >= 15 is 0 Å². The summed E-state index contributed by atoms with van der Waals surface area (Å²) < 4.78 is 0. The van der Waals surface area contributed by atoms with E-state index in [1.165, 1.54) is 18.3 Å². The van der Waals surface area contributed by atoms with Gasteiger partial charge in [0.15, 0.2) is 0 Å². The lowest BCUT2D eigenvalue weighted by Gasteiger charge is -2.22. The SMILES string of the molecule is Cc1csc(C(C)NC(=O)NCC(C)(O)CC(=O)O)n1. The molecule has 0 radical (unpaired) electrons. The van der Waals surface area contributed by atoms with Gasteiger partial charge in [0.05, 0.1) is 18.1 Å². The zero-order valence-electron chi connectivity index (χ0n) is 11.6. The first-order valence-corrected chi connectivity index (χ1v) is 6.98. The zero-order valence-corrected chi connectivity index (χ0v) is 12.5. The van der Waals surface area contributed by atoms with Crippen LogP contribution in [0.4, 0.5) is 4.79 Å². The molecule has 1 aromatic heterocycles. The van der Waals surface area contributed by atoms with Crippen molar-refractivity contribution < 1.29 is 19.8 Å². The van der Waals surface area contributed by atoms with Gasteiger partial charge in [-0.3, -0.25) is 4.79 Å². The minimum Gasteiger partial charge on any atom is -0.481 e. The third kappa shape index (κ3) is 5.54. The fourth-order valence-corrected chi connectivity index (χ4v) is 2.34. The maximum Gasteiger partial charge on any atom is 0.315 e. The van der Waals surface area contributed by atoms with Crippen LogP contribution in [-0.2, 0) is 4.79 Å². The summed E-state index contributed by atoms with van der Waals surface area (Å²) in [5, 5.41) is 26.2. The number of carbonyl (C=O) groups excluding carboxylic acids is 1. The van der Waals surface area contributed by atoms with Crippen molar-refractivity contribution in [2.24, 2.45) is 0 Å². The average Bonchev–Trinajstić information content (AvgIpc) is 2.72. The number of urea groups is 1. The Bertz CT molecular complexity index is 487. The first-order valence-electron chi connectivity index (χ1n) is 6.10.